The number of carbonyl (C=O) groups excluding carboxylic acids is 2. The van der Waals surface area contributed by atoms with Crippen LogP contribution in [0, 0.1) is 5.92 Å². The average Bonchev–Trinajstić information content (AvgIpc) is 2.41. The molecule has 1 aromatic rings. The molecular weight excluding hydrogens is 280 g/mol. The van der Waals surface area contributed by atoms with E-state index in [1.165, 1.54) is 0 Å². The van der Waals surface area contributed by atoms with E-state index in [1.807, 2.05) is 4.90 Å². The number of anilines is 1. The van der Waals surface area contributed by atoms with Crippen LogP contribution in [0.5, 0.6) is 0 Å². The molecule has 0 radical (unpaired) electrons. The average molecular weight is 297 g/mol. The van der Waals surface area contributed by atoms with Crippen molar-refractivity contribution in [2.45, 2.75) is 12.8 Å². The largest absolute Gasteiger partial charge is 0.369 e. The number of halogens is 1. The van der Waals surface area contributed by atoms with Crippen LogP contribution in [-0.2, 0) is 9.59 Å². The van der Waals surface area contributed by atoms with Gasteiger partial charge in [0.05, 0.1) is 18.2 Å². The van der Waals surface area contributed by atoms with E-state index >= 15 is 0 Å². The van der Waals surface area contributed by atoms with Gasteiger partial charge in [0.2, 0.25) is 11.8 Å². The zero-order valence-corrected chi connectivity index (χ0v) is 11.8. The van der Waals surface area contributed by atoms with E-state index in [0.717, 1.165) is 19.4 Å². The summed E-state index contributed by atoms with van der Waals surface area (Å²) in [6.07, 6.45) is 3.22. The first kappa shape index (κ1) is 14.7. The van der Waals surface area contributed by atoms with Gasteiger partial charge in [-0.3, -0.25) is 14.5 Å². The topological polar surface area (TPSA) is 88.3 Å². The summed E-state index contributed by atoms with van der Waals surface area (Å²) in [6, 6.07) is 3.39. The Morgan fingerprint density at radius 3 is 3.05 bits per heavy atom. The van der Waals surface area contributed by atoms with E-state index in [4.69, 9.17) is 17.3 Å². The standard InChI is InChI=1S/C13H17ClN4O2/c14-12-10(4-1-5-16-12)17-11(19)8-18-6-2-3-9(7-18)13(15)20/h1,4-5,9H,2-3,6-8H2,(H2,15,20)(H,17,19)/t9-/m1/s1. The van der Waals surface area contributed by atoms with Gasteiger partial charge < -0.3 is 11.1 Å². The Bertz CT molecular complexity index is 509. The van der Waals surface area contributed by atoms with Gasteiger partial charge in [-0.1, -0.05) is 11.6 Å². The fraction of sp³-hybridized carbons (Fsp3) is 0.462. The third kappa shape index (κ3) is 3.91. The molecule has 1 aliphatic rings. The summed E-state index contributed by atoms with van der Waals surface area (Å²) < 4.78 is 0. The number of nitrogens with two attached hydrogens (primary N) is 1. The summed E-state index contributed by atoms with van der Waals surface area (Å²) in [5.41, 5.74) is 5.80. The molecular formula is C13H17ClN4O2. The maximum atomic E-state index is 12.0. The fourth-order valence-electron chi connectivity index (χ4n) is 2.30. The Labute approximate surface area is 122 Å². The van der Waals surface area contributed by atoms with E-state index in [9.17, 15) is 9.59 Å². The molecule has 0 aromatic carbocycles. The fourth-order valence-corrected chi connectivity index (χ4v) is 2.47. The van der Waals surface area contributed by atoms with Crippen molar-refractivity contribution >= 4 is 29.1 Å². The number of aromatic nitrogens is 1. The first-order chi connectivity index (χ1) is 9.56. The van der Waals surface area contributed by atoms with Crippen molar-refractivity contribution < 1.29 is 9.59 Å². The van der Waals surface area contributed by atoms with Gasteiger partial charge >= 0.3 is 0 Å². The Hall–Kier alpha value is -1.66. The minimum absolute atomic E-state index is 0.168. The van der Waals surface area contributed by atoms with Crippen molar-refractivity contribution in [1.29, 1.82) is 0 Å². The van der Waals surface area contributed by atoms with Crippen LogP contribution in [0.1, 0.15) is 12.8 Å². The van der Waals surface area contributed by atoms with Gasteiger partial charge in [0.1, 0.15) is 0 Å². The predicted octanol–water partition coefficient (Wildman–Crippen LogP) is 0.871. The molecule has 0 bridgehead atoms. The summed E-state index contributed by atoms with van der Waals surface area (Å²) in [6.45, 7) is 1.54. The van der Waals surface area contributed by atoms with Crippen molar-refractivity contribution in [3.05, 3.63) is 23.5 Å². The van der Waals surface area contributed by atoms with Gasteiger partial charge in [-0.15, -0.1) is 0 Å². The summed E-state index contributed by atoms with van der Waals surface area (Å²) in [5, 5.41) is 2.97. The molecule has 1 aliphatic heterocycles. The van der Waals surface area contributed by atoms with E-state index < -0.39 is 0 Å². The molecule has 1 fully saturated rings. The number of nitrogens with zero attached hydrogens (tertiary/aromatic N) is 2. The van der Waals surface area contributed by atoms with Crippen LogP contribution in [0.2, 0.25) is 5.15 Å². The Balaban J connectivity index is 1.88. The lowest BCUT2D eigenvalue weighted by Gasteiger charge is -2.30. The molecule has 108 valence electrons. The quantitative estimate of drug-likeness (QED) is 0.807. The van der Waals surface area contributed by atoms with Crippen LogP contribution in [0.25, 0.3) is 0 Å². The lowest BCUT2D eigenvalue weighted by atomic mass is 9.97. The van der Waals surface area contributed by atoms with Crippen molar-refractivity contribution in [2.75, 3.05) is 25.0 Å². The molecule has 0 saturated carbocycles. The Morgan fingerprint density at radius 1 is 1.55 bits per heavy atom. The lowest BCUT2D eigenvalue weighted by Crippen LogP contribution is -2.44. The number of primary amides is 1. The molecule has 1 aromatic heterocycles. The van der Waals surface area contributed by atoms with Crippen LogP contribution in [0.4, 0.5) is 5.69 Å². The van der Waals surface area contributed by atoms with Crippen LogP contribution in [0.15, 0.2) is 18.3 Å². The normalized spacial score (nSPS) is 19.6. The number of piperidine rings is 1. The van der Waals surface area contributed by atoms with Crippen LogP contribution >= 0.6 is 11.6 Å². The van der Waals surface area contributed by atoms with E-state index in [1.54, 1.807) is 18.3 Å². The van der Waals surface area contributed by atoms with Crippen molar-refractivity contribution in [2.24, 2.45) is 11.7 Å². The smallest absolute Gasteiger partial charge is 0.238 e. The zero-order valence-electron chi connectivity index (χ0n) is 11.0. The third-order valence-corrected chi connectivity index (χ3v) is 3.61. The molecule has 6 nitrogen and oxygen atoms in total. The molecule has 3 N–H and O–H groups in total. The van der Waals surface area contributed by atoms with Crippen molar-refractivity contribution in [1.82, 2.24) is 9.88 Å². The number of amides is 2. The molecule has 0 spiro atoms. The van der Waals surface area contributed by atoms with Crippen molar-refractivity contribution in [3.63, 3.8) is 0 Å². The molecule has 2 heterocycles. The summed E-state index contributed by atoms with van der Waals surface area (Å²) in [7, 11) is 0. The third-order valence-electron chi connectivity index (χ3n) is 3.31. The first-order valence-corrected chi connectivity index (χ1v) is 6.86. The zero-order chi connectivity index (χ0) is 14.5. The van der Waals surface area contributed by atoms with Crippen molar-refractivity contribution in [3.8, 4) is 0 Å². The molecule has 2 rings (SSSR count). The minimum Gasteiger partial charge on any atom is -0.369 e. The summed E-state index contributed by atoms with van der Waals surface area (Å²) in [4.78, 5) is 29.0. The van der Waals surface area contributed by atoms with Crippen LogP contribution < -0.4 is 11.1 Å². The van der Waals surface area contributed by atoms with Crippen LogP contribution in [-0.4, -0.2) is 41.3 Å². The monoisotopic (exact) mass is 296 g/mol. The number of hydrogen-bond acceptors (Lipinski definition) is 4. The minimum atomic E-state index is -0.301. The highest BCUT2D eigenvalue weighted by molar-refractivity contribution is 6.32. The number of nitrogens with one attached hydrogen (secondary N) is 1. The second-order valence-electron chi connectivity index (χ2n) is 4.87. The second kappa shape index (κ2) is 6.67. The van der Waals surface area contributed by atoms with Gasteiger partial charge in [0, 0.05) is 12.7 Å². The molecule has 0 unspecified atom stereocenters. The first-order valence-electron chi connectivity index (χ1n) is 6.48. The molecule has 1 atom stereocenters. The predicted molar refractivity (Wildman–Crippen MR) is 76.2 cm³/mol. The van der Waals surface area contributed by atoms with Gasteiger partial charge in [0.15, 0.2) is 5.15 Å². The number of rotatable bonds is 4. The van der Waals surface area contributed by atoms with E-state index in [2.05, 4.69) is 10.3 Å². The number of pyridine rings is 1. The van der Waals surface area contributed by atoms with Gasteiger partial charge in [-0.2, -0.15) is 0 Å². The lowest BCUT2D eigenvalue weighted by molar-refractivity contribution is -0.125. The van der Waals surface area contributed by atoms with Gasteiger partial charge in [-0.25, -0.2) is 4.98 Å². The summed E-state index contributed by atoms with van der Waals surface area (Å²) >= 11 is 5.88. The molecule has 2 amide bonds. The molecule has 0 aliphatic carbocycles. The molecule has 7 heteroatoms. The van der Waals surface area contributed by atoms with E-state index in [0.29, 0.717) is 12.2 Å². The summed E-state index contributed by atoms with van der Waals surface area (Å²) in [5.74, 6) is -0.644. The number of likely N-dealkylation sites (tertiary alicyclic amines) is 1. The highest BCUT2D eigenvalue weighted by atomic mass is 35.5. The Morgan fingerprint density at radius 2 is 2.35 bits per heavy atom. The van der Waals surface area contributed by atoms with E-state index in [-0.39, 0.29) is 29.4 Å². The Kier molecular flexibility index (Phi) is 4.92. The highest BCUT2D eigenvalue weighted by Gasteiger charge is 2.25. The SMILES string of the molecule is NC(=O)[C@@H]1CCCN(CC(=O)Nc2cccnc2Cl)C1. The van der Waals surface area contributed by atoms with Gasteiger partial charge in [0.25, 0.3) is 0 Å². The number of carbonyl (C=O) groups is 2. The molecule has 20 heavy (non-hydrogen) atoms. The van der Waals surface area contributed by atoms with Crippen LogP contribution in [0.3, 0.4) is 0 Å². The second-order valence-corrected chi connectivity index (χ2v) is 5.22. The molecule has 1 saturated heterocycles. The maximum absolute atomic E-state index is 12.0. The maximum Gasteiger partial charge on any atom is 0.238 e. The number of hydrogen-bond donors (Lipinski definition) is 2. The highest BCUT2D eigenvalue weighted by Crippen LogP contribution is 2.18. The van der Waals surface area contributed by atoms with Gasteiger partial charge in [-0.05, 0) is 31.5 Å².